The number of nitrogens with zero attached hydrogens (tertiary/aromatic N) is 1. The van der Waals surface area contributed by atoms with Crippen molar-refractivity contribution in [3.8, 4) is 5.75 Å². The van der Waals surface area contributed by atoms with E-state index < -0.39 is 0 Å². The van der Waals surface area contributed by atoms with Crippen LogP contribution in [-0.2, 0) is 6.61 Å². The van der Waals surface area contributed by atoms with E-state index in [9.17, 15) is 4.79 Å². The van der Waals surface area contributed by atoms with Gasteiger partial charge in [-0.05, 0) is 48.0 Å². The number of hydrogen-bond acceptors (Lipinski definition) is 3. The topological polar surface area (TPSA) is 51.2 Å². The van der Waals surface area contributed by atoms with Gasteiger partial charge in [-0.1, -0.05) is 35.3 Å². The van der Waals surface area contributed by atoms with E-state index in [-0.39, 0.29) is 5.91 Å². The zero-order chi connectivity index (χ0) is 17.6. The van der Waals surface area contributed by atoms with E-state index in [0.717, 1.165) is 5.56 Å². The molecular formula is C19H14Cl2N2O2. The monoisotopic (exact) mass is 372 g/mol. The Morgan fingerprint density at radius 3 is 2.52 bits per heavy atom. The maximum Gasteiger partial charge on any atom is 0.259 e. The molecule has 1 aromatic heterocycles. The van der Waals surface area contributed by atoms with E-state index in [0.29, 0.717) is 33.7 Å². The van der Waals surface area contributed by atoms with Gasteiger partial charge in [-0.15, -0.1) is 0 Å². The fraction of sp³-hybridized carbons (Fsp3) is 0.0526. The molecule has 1 heterocycles. The second-order valence-electron chi connectivity index (χ2n) is 5.22. The zero-order valence-corrected chi connectivity index (χ0v) is 14.6. The van der Waals surface area contributed by atoms with E-state index in [1.54, 1.807) is 48.8 Å². The van der Waals surface area contributed by atoms with Gasteiger partial charge in [0.2, 0.25) is 0 Å². The Morgan fingerprint density at radius 2 is 1.76 bits per heavy atom. The number of halogens is 2. The fourth-order valence-electron chi connectivity index (χ4n) is 2.19. The first kappa shape index (κ1) is 17.3. The molecule has 1 N–H and O–H groups in total. The number of anilines is 1. The van der Waals surface area contributed by atoms with Crippen LogP contribution >= 0.6 is 23.2 Å². The van der Waals surface area contributed by atoms with Gasteiger partial charge in [0, 0.05) is 18.1 Å². The van der Waals surface area contributed by atoms with Crippen molar-refractivity contribution in [1.82, 2.24) is 4.98 Å². The Bertz CT molecular complexity index is 886. The number of aromatic nitrogens is 1. The number of amides is 1. The maximum absolute atomic E-state index is 12.6. The number of hydrogen-bond donors (Lipinski definition) is 1. The second kappa shape index (κ2) is 8.01. The van der Waals surface area contributed by atoms with Crippen LogP contribution < -0.4 is 10.1 Å². The van der Waals surface area contributed by atoms with E-state index in [1.165, 1.54) is 0 Å². The predicted molar refractivity (Wildman–Crippen MR) is 99.4 cm³/mol. The summed E-state index contributed by atoms with van der Waals surface area (Å²) in [7, 11) is 0. The number of para-hydroxylation sites is 1. The van der Waals surface area contributed by atoms with Crippen LogP contribution in [0.1, 0.15) is 15.9 Å². The largest absolute Gasteiger partial charge is 0.488 e. The lowest BCUT2D eigenvalue weighted by Crippen LogP contribution is -2.13. The number of benzene rings is 2. The number of rotatable bonds is 5. The Labute approximate surface area is 155 Å². The normalized spacial score (nSPS) is 10.3. The first-order chi connectivity index (χ1) is 12.1. The van der Waals surface area contributed by atoms with Crippen molar-refractivity contribution in [3.63, 3.8) is 0 Å². The minimum atomic E-state index is -0.288. The van der Waals surface area contributed by atoms with Crippen molar-refractivity contribution in [3.05, 3.63) is 88.2 Å². The number of nitrogens with one attached hydrogen (secondary N) is 1. The van der Waals surface area contributed by atoms with Crippen molar-refractivity contribution in [2.75, 3.05) is 5.32 Å². The Kier molecular flexibility index (Phi) is 5.53. The van der Waals surface area contributed by atoms with Crippen LogP contribution in [0.2, 0.25) is 10.0 Å². The van der Waals surface area contributed by atoms with Gasteiger partial charge >= 0.3 is 0 Å². The summed E-state index contributed by atoms with van der Waals surface area (Å²) in [6.45, 7) is 0.347. The minimum Gasteiger partial charge on any atom is -0.488 e. The first-order valence-corrected chi connectivity index (χ1v) is 8.26. The van der Waals surface area contributed by atoms with Crippen LogP contribution in [-0.4, -0.2) is 10.9 Å². The molecule has 1 amide bonds. The van der Waals surface area contributed by atoms with Crippen molar-refractivity contribution in [1.29, 1.82) is 0 Å². The van der Waals surface area contributed by atoms with E-state index >= 15 is 0 Å². The number of carbonyl (C=O) groups excluding carboxylic acids is 1. The molecule has 2 aromatic carbocycles. The summed E-state index contributed by atoms with van der Waals surface area (Å²) >= 11 is 11.9. The lowest BCUT2D eigenvalue weighted by atomic mass is 10.1. The summed E-state index contributed by atoms with van der Waals surface area (Å²) in [5.41, 5.74) is 1.96. The Hall–Kier alpha value is -2.56. The van der Waals surface area contributed by atoms with Gasteiger partial charge < -0.3 is 10.1 Å². The second-order valence-corrected chi connectivity index (χ2v) is 6.04. The Balaban J connectivity index is 1.75. The van der Waals surface area contributed by atoms with Crippen molar-refractivity contribution in [2.45, 2.75) is 6.61 Å². The molecule has 0 radical (unpaired) electrons. The molecule has 0 unspecified atom stereocenters. The summed E-state index contributed by atoms with van der Waals surface area (Å²) in [6.07, 6.45) is 3.39. The van der Waals surface area contributed by atoms with Gasteiger partial charge in [0.1, 0.15) is 12.4 Å². The van der Waals surface area contributed by atoms with E-state index in [1.807, 2.05) is 18.2 Å². The molecule has 0 atom stereocenters. The zero-order valence-electron chi connectivity index (χ0n) is 13.1. The number of pyridine rings is 1. The molecule has 0 aliphatic rings. The first-order valence-electron chi connectivity index (χ1n) is 7.50. The summed E-state index contributed by atoms with van der Waals surface area (Å²) in [6, 6.07) is 15.7. The van der Waals surface area contributed by atoms with Gasteiger partial charge in [-0.2, -0.15) is 0 Å². The van der Waals surface area contributed by atoms with Crippen LogP contribution in [0.5, 0.6) is 5.75 Å². The molecule has 3 rings (SSSR count). The third-order valence-electron chi connectivity index (χ3n) is 3.45. The average molecular weight is 373 g/mol. The molecule has 6 heteroatoms. The average Bonchev–Trinajstić information content (AvgIpc) is 2.64. The molecule has 3 aromatic rings. The molecule has 25 heavy (non-hydrogen) atoms. The van der Waals surface area contributed by atoms with E-state index in [2.05, 4.69) is 10.3 Å². The highest BCUT2D eigenvalue weighted by Gasteiger charge is 2.13. The molecule has 126 valence electrons. The predicted octanol–water partition coefficient (Wildman–Crippen LogP) is 5.22. The van der Waals surface area contributed by atoms with Crippen LogP contribution in [0.3, 0.4) is 0 Å². The number of ether oxygens (including phenoxy) is 1. The maximum atomic E-state index is 12.6. The number of carbonyl (C=O) groups is 1. The van der Waals surface area contributed by atoms with Gasteiger partial charge in [-0.3, -0.25) is 9.78 Å². The van der Waals surface area contributed by atoms with Crippen molar-refractivity contribution in [2.24, 2.45) is 0 Å². The highest BCUT2D eigenvalue weighted by molar-refractivity contribution is 6.42. The van der Waals surface area contributed by atoms with E-state index in [4.69, 9.17) is 27.9 Å². The molecular weight excluding hydrogens is 359 g/mol. The smallest absolute Gasteiger partial charge is 0.259 e. The summed E-state index contributed by atoms with van der Waals surface area (Å²) in [5.74, 6) is 0.209. The molecule has 0 spiro atoms. The van der Waals surface area contributed by atoms with Crippen LogP contribution in [0, 0.1) is 0 Å². The van der Waals surface area contributed by atoms with Crippen LogP contribution in [0.4, 0.5) is 5.69 Å². The summed E-state index contributed by atoms with van der Waals surface area (Å²) < 4.78 is 5.79. The Morgan fingerprint density at radius 1 is 1.00 bits per heavy atom. The summed E-state index contributed by atoms with van der Waals surface area (Å²) in [5, 5.41) is 3.60. The van der Waals surface area contributed by atoms with Crippen molar-refractivity contribution >= 4 is 34.8 Å². The standard InChI is InChI=1S/C19H14Cl2N2O2/c20-16-6-5-14(11-17(16)21)23-19(24)15-3-1-2-4-18(15)25-12-13-7-9-22-10-8-13/h1-11H,12H2,(H,23,24). The molecule has 0 fully saturated rings. The molecule has 4 nitrogen and oxygen atoms in total. The van der Waals surface area contributed by atoms with Gasteiger partial charge in [-0.25, -0.2) is 0 Å². The van der Waals surface area contributed by atoms with Crippen LogP contribution in [0.15, 0.2) is 67.0 Å². The molecule has 0 bridgehead atoms. The molecule has 0 aliphatic carbocycles. The van der Waals surface area contributed by atoms with Gasteiger partial charge in [0.05, 0.1) is 15.6 Å². The lowest BCUT2D eigenvalue weighted by Gasteiger charge is -2.12. The fourth-order valence-corrected chi connectivity index (χ4v) is 2.49. The van der Waals surface area contributed by atoms with Gasteiger partial charge in [0.15, 0.2) is 0 Å². The molecule has 0 saturated heterocycles. The molecule has 0 aliphatic heterocycles. The third-order valence-corrected chi connectivity index (χ3v) is 4.19. The van der Waals surface area contributed by atoms with Crippen molar-refractivity contribution < 1.29 is 9.53 Å². The SMILES string of the molecule is O=C(Nc1ccc(Cl)c(Cl)c1)c1ccccc1OCc1ccncc1. The highest BCUT2D eigenvalue weighted by atomic mass is 35.5. The summed E-state index contributed by atoms with van der Waals surface area (Å²) in [4.78, 5) is 16.5. The molecule has 0 saturated carbocycles. The van der Waals surface area contributed by atoms with Crippen LogP contribution in [0.25, 0.3) is 0 Å². The lowest BCUT2D eigenvalue weighted by molar-refractivity contribution is 0.102. The highest BCUT2D eigenvalue weighted by Crippen LogP contribution is 2.26. The quantitative estimate of drug-likeness (QED) is 0.667. The van der Waals surface area contributed by atoms with Gasteiger partial charge in [0.25, 0.3) is 5.91 Å². The third kappa shape index (κ3) is 4.50. The minimum absolute atomic E-state index is 0.288.